The van der Waals surface area contributed by atoms with Gasteiger partial charge in [-0.05, 0) is 34.4 Å². The Bertz CT molecular complexity index is 1330. The van der Waals surface area contributed by atoms with Crippen LogP contribution in [0.3, 0.4) is 0 Å². The van der Waals surface area contributed by atoms with Crippen LogP contribution in [-0.2, 0) is 15.0 Å². The molecule has 3 aromatic rings. The van der Waals surface area contributed by atoms with Gasteiger partial charge in [-0.2, -0.15) is 0 Å². The normalized spacial score (nSPS) is 26.6. The Kier molecular flexibility index (Phi) is 3.88. The van der Waals surface area contributed by atoms with E-state index in [2.05, 4.69) is 0 Å². The fraction of sp³-hybridized carbons (Fsp3) is 0.231. The maximum Gasteiger partial charge on any atom is 0.297 e. The Hall–Kier alpha value is -4.00. The highest BCUT2D eigenvalue weighted by molar-refractivity contribution is 6.24. The fourth-order valence-electron chi connectivity index (χ4n) is 6.35. The lowest BCUT2D eigenvalue weighted by molar-refractivity contribution is -0.384. The molecule has 1 saturated heterocycles. The molecule has 3 aliphatic carbocycles. The predicted molar refractivity (Wildman–Crippen MR) is 120 cm³/mol. The van der Waals surface area contributed by atoms with Crippen LogP contribution in [0.15, 0.2) is 66.7 Å². The molecule has 0 saturated carbocycles. The Balaban J connectivity index is 1.59. The Morgan fingerprint density at radius 1 is 0.939 bits per heavy atom. The van der Waals surface area contributed by atoms with E-state index < -0.39 is 34.0 Å². The number of benzene rings is 3. The van der Waals surface area contributed by atoms with Crippen molar-refractivity contribution in [3.63, 3.8) is 0 Å². The molecule has 2 amide bonds. The lowest BCUT2D eigenvalue weighted by Gasteiger charge is -2.52. The van der Waals surface area contributed by atoms with Gasteiger partial charge in [0.2, 0.25) is 11.8 Å². The molecule has 7 rings (SSSR count). The lowest BCUT2D eigenvalue weighted by Crippen LogP contribution is -2.51. The van der Waals surface area contributed by atoms with Crippen molar-refractivity contribution in [2.45, 2.75) is 18.3 Å². The third kappa shape index (κ3) is 2.29. The zero-order valence-corrected chi connectivity index (χ0v) is 18.0. The molecular formula is C26H20N2O5. The summed E-state index contributed by atoms with van der Waals surface area (Å²) in [5.74, 6) is -2.03. The first kappa shape index (κ1) is 19.7. The number of amides is 2. The summed E-state index contributed by atoms with van der Waals surface area (Å²) in [5, 5.41) is 11.8. The number of nitro benzene ring substituents is 1. The number of nitrogens with zero attached hydrogens (tertiary/aromatic N) is 2. The van der Waals surface area contributed by atoms with E-state index in [1.165, 1.54) is 25.3 Å². The molecule has 4 aliphatic rings. The van der Waals surface area contributed by atoms with Crippen molar-refractivity contribution in [2.75, 3.05) is 12.0 Å². The third-order valence-corrected chi connectivity index (χ3v) is 7.66. The number of methoxy groups -OCH3 is 1. The van der Waals surface area contributed by atoms with Gasteiger partial charge in [0, 0.05) is 11.3 Å². The molecule has 33 heavy (non-hydrogen) atoms. The average molecular weight is 440 g/mol. The quantitative estimate of drug-likeness (QED) is 0.346. The summed E-state index contributed by atoms with van der Waals surface area (Å²) >= 11 is 0. The van der Waals surface area contributed by atoms with Crippen LogP contribution in [-0.4, -0.2) is 23.8 Å². The first-order chi connectivity index (χ1) is 15.9. The maximum atomic E-state index is 13.9. The summed E-state index contributed by atoms with van der Waals surface area (Å²) in [6.45, 7) is 2.02. The highest BCUT2D eigenvalue weighted by Crippen LogP contribution is 2.64. The summed E-state index contributed by atoms with van der Waals surface area (Å²) < 4.78 is 5.12. The van der Waals surface area contributed by atoms with Crippen LogP contribution in [0.1, 0.15) is 35.1 Å². The molecule has 7 heteroatoms. The first-order valence-electron chi connectivity index (χ1n) is 10.8. The van der Waals surface area contributed by atoms with Crippen LogP contribution in [0.4, 0.5) is 11.4 Å². The zero-order valence-electron chi connectivity index (χ0n) is 18.0. The maximum absolute atomic E-state index is 13.9. The number of anilines is 1. The SMILES string of the molecule is COc1ccc(N2C(=O)[C@@H]3C4c5ccccc5C(C)(c5ccccc54)[C@H]3C2=O)c([N+](=O)[O-])c1. The van der Waals surface area contributed by atoms with E-state index in [1.54, 1.807) is 0 Å². The van der Waals surface area contributed by atoms with Gasteiger partial charge in [0.15, 0.2) is 0 Å². The number of hydrogen-bond acceptors (Lipinski definition) is 5. The van der Waals surface area contributed by atoms with E-state index in [-0.39, 0.29) is 23.0 Å². The highest BCUT2D eigenvalue weighted by atomic mass is 16.6. The van der Waals surface area contributed by atoms with E-state index in [9.17, 15) is 19.7 Å². The minimum absolute atomic E-state index is 0.0127. The van der Waals surface area contributed by atoms with E-state index in [4.69, 9.17) is 4.74 Å². The van der Waals surface area contributed by atoms with E-state index in [0.717, 1.165) is 27.2 Å². The number of nitro groups is 1. The summed E-state index contributed by atoms with van der Waals surface area (Å²) in [7, 11) is 1.41. The van der Waals surface area contributed by atoms with Gasteiger partial charge in [-0.15, -0.1) is 0 Å². The van der Waals surface area contributed by atoms with Crippen LogP contribution < -0.4 is 9.64 Å². The Labute approximate surface area is 189 Å². The summed E-state index contributed by atoms with van der Waals surface area (Å²) in [4.78, 5) is 40.1. The van der Waals surface area contributed by atoms with E-state index >= 15 is 0 Å². The van der Waals surface area contributed by atoms with Crippen LogP contribution in [0.5, 0.6) is 5.75 Å². The second-order valence-corrected chi connectivity index (χ2v) is 8.98. The summed E-state index contributed by atoms with van der Waals surface area (Å²) in [5.41, 5.74) is 3.13. The second kappa shape index (κ2) is 6.51. The van der Waals surface area contributed by atoms with Crippen LogP contribution >= 0.6 is 0 Å². The van der Waals surface area contributed by atoms with Gasteiger partial charge in [-0.1, -0.05) is 55.5 Å². The average Bonchev–Trinajstić information content (AvgIpc) is 3.10. The second-order valence-electron chi connectivity index (χ2n) is 8.98. The van der Waals surface area contributed by atoms with Gasteiger partial charge in [0.05, 0.1) is 29.9 Å². The summed E-state index contributed by atoms with van der Waals surface area (Å²) in [6.07, 6.45) is 0. The minimum atomic E-state index is -0.713. The Morgan fingerprint density at radius 3 is 2.12 bits per heavy atom. The van der Waals surface area contributed by atoms with Crippen molar-refractivity contribution in [3.05, 3.63) is 99.1 Å². The third-order valence-electron chi connectivity index (χ3n) is 7.66. The van der Waals surface area contributed by atoms with Gasteiger partial charge in [0.1, 0.15) is 11.4 Å². The molecule has 1 aliphatic heterocycles. The van der Waals surface area contributed by atoms with Gasteiger partial charge >= 0.3 is 0 Å². The van der Waals surface area contributed by atoms with Crippen molar-refractivity contribution >= 4 is 23.2 Å². The molecule has 0 radical (unpaired) electrons. The van der Waals surface area contributed by atoms with Gasteiger partial charge < -0.3 is 4.74 Å². The molecule has 1 fully saturated rings. The van der Waals surface area contributed by atoms with Crippen molar-refractivity contribution in [1.29, 1.82) is 0 Å². The molecule has 2 bridgehead atoms. The van der Waals surface area contributed by atoms with E-state index in [1.807, 2.05) is 55.5 Å². The molecular weight excluding hydrogens is 420 g/mol. The van der Waals surface area contributed by atoms with Crippen molar-refractivity contribution in [3.8, 4) is 5.75 Å². The smallest absolute Gasteiger partial charge is 0.297 e. The van der Waals surface area contributed by atoms with Crippen molar-refractivity contribution in [1.82, 2.24) is 0 Å². The first-order valence-corrected chi connectivity index (χ1v) is 10.8. The molecule has 164 valence electrons. The Morgan fingerprint density at radius 2 is 1.55 bits per heavy atom. The highest BCUT2D eigenvalue weighted by Gasteiger charge is 2.66. The largest absolute Gasteiger partial charge is 0.496 e. The molecule has 0 aromatic heterocycles. The molecule has 0 unspecified atom stereocenters. The monoisotopic (exact) mass is 440 g/mol. The number of carbonyl (C=O) groups excluding carboxylic acids is 2. The topological polar surface area (TPSA) is 89.8 Å². The van der Waals surface area contributed by atoms with Gasteiger partial charge in [-0.3, -0.25) is 19.7 Å². The van der Waals surface area contributed by atoms with Gasteiger partial charge in [0.25, 0.3) is 5.69 Å². The number of imide groups is 1. The van der Waals surface area contributed by atoms with Crippen LogP contribution in [0.25, 0.3) is 0 Å². The van der Waals surface area contributed by atoms with E-state index in [0.29, 0.717) is 0 Å². The molecule has 0 spiro atoms. The van der Waals surface area contributed by atoms with Crippen molar-refractivity contribution in [2.24, 2.45) is 11.8 Å². The molecule has 1 heterocycles. The molecule has 2 atom stereocenters. The lowest BCUT2D eigenvalue weighted by atomic mass is 9.48. The van der Waals surface area contributed by atoms with Crippen LogP contribution in [0, 0.1) is 22.0 Å². The standard InChI is InChI=1S/C26H20N2O5/c1-26-17-9-5-3-7-15(17)21(16-8-4-6-10-18(16)26)22-23(26)25(30)27(24(22)29)19-12-11-14(33-2)13-20(19)28(31)32/h3-13,21-23H,1-2H3/t21?,22-,23-,26?/m1/s1. The molecule has 7 nitrogen and oxygen atoms in total. The number of hydrogen-bond donors (Lipinski definition) is 0. The van der Waals surface area contributed by atoms with Crippen LogP contribution in [0.2, 0.25) is 0 Å². The molecule has 3 aromatic carbocycles. The fourth-order valence-corrected chi connectivity index (χ4v) is 6.35. The number of carbonyl (C=O) groups is 2. The summed E-state index contributed by atoms with van der Waals surface area (Å²) in [6, 6.07) is 20.1. The van der Waals surface area contributed by atoms with Gasteiger partial charge in [-0.25, -0.2) is 4.90 Å². The van der Waals surface area contributed by atoms with Crippen molar-refractivity contribution < 1.29 is 19.2 Å². The molecule has 0 N–H and O–H groups in total. The minimum Gasteiger partial charge on any atom is -0.496 e. The predicted octanol–water partition coefficient (Wildman–Crippen LogP) is 4.17. The number of ether oxygens (including phenoxy) is 1. The zero-order chi connectivity index (χ0) is 23.1. The number of rotatable bonds is 3.